The van der Waals surface area contributed by atoms with Crippen LogP contribution in [0.1, 0.15) is 44.0 Å². The predicted octanol–water partition coefficient (Wildman–Crippen LogP) is 2.66. The number of aromatic nitrogens is 1. The number of ether oxygens (including phenoxy) is 2. The topological polar surface area (TPSA) is 74.4 Å². The zero-order valence-corrected chi connectivity index (χ0v) is 11.8. The van der Waals surface area contributed by atoms with Gasteiger partial charge in [-0.1, -0.05) is 13.8 Å². The average molecular weight is 266 g/mol. The van der Waals surface area contributed by atoms with E-state index in [2.05, 4.69) is 18.8 Å². The standard InChI is InChI=1S/C14H22N2O3/c1-4-18-14(17)11-8-13(16-9-12(11)15)19-7-5-6-10(2)3/h8-10H,4-7,15H2,1-3H3. The molecule has 0 amide bonds. The van der Waals surface area contributed by atoms with Gasteiger partial charge in [-0.3, -0.25) is 0 Å². The van der Waals surface area contributed by atoms with Crippen molar-refractivity contribution in [3.63, 3.8) is 0 Å². The summed E-state index contributed by atoms with van der Waals surface area (Å²) in [6.45, 7) is 6.97. The highest BCUT2D eigenvalue weighted by molar-refractivity contribution is 5.95. The molecule has 0 saturated heterocycles. The summed E-state index contributed by atoms with van der Waals surface area (Å²) in [5, 5.41) is 0. The summed E-state index contributed by atoms with van der Waals surface area (Å²) in [4.78, 5) is 15.7. The molecule has 5 heteroatoms. The van der Waals surface area contributed by atoms with E-state index in [0.29, 0.717) is 36.3 Å². The smallest absolute Gasteiger partial charge is 0.340 e. The fourth-order valence-electron chi connectivity index (χ4n) is 1.58. The Morgan fingerprint density at radius 3 is 2.84 bits per heavy atom. The molecular formula is C14H22N2O3. The molecule has 0 aromatic carbocycles. The minimum atomic E-state index is -0.450. The van der Waals surface area contributed by atoms with Crippen molar-refractivity contribution in [1.82, 2.24) is 4.98 Å². The van der Waals surface area contributed by atoms with E-state index in [4.69, 9.17) is 15.2 Å². The van der Waals surface area contributed by atoms with Crippen molar-refractivity contribution in [2.24, 2.45) is 5.92 Å². The average Bonchev–Trinajstić information content (AvgIpc) is 2.36. The molecule has 0 unspecified atom stereocenters. The lowest BCUT2D eigenvalue weighted by Crippen LogP contribution is -2.09. The molecule has 1 heterocycles. The van der Waals surface area contributed by atoms with Crippen molar-refractivity contribution < 1.29 is 14.3 Å². The Kier molecular flexibility index (Phi) is 6.12. The summed E-state index contributed by atoms with van der Waals surface area (Å²) in [7, 11) is 0. The Labute approximate surface area is 114 Å². The maximum Gasteiger partial charge on any atom is 0.340 e. The summed E-state index contributed by atoms with van der Waals surface area (Å²) in [6.07, 6.45) is 3.47. The van der Waals surface area contributed by atoms with Gasteiger partial charge < -0.3 is 15.2 Å². The molecular weight excluding hydrogens is 244 g/mol. The van der Waals surface area contributed by atoms with Gasteiger partial charge >= 0.3 is 5.97 Å². The van der Waals surface area contributed by atoms with Crippen molar-refractivity contribution in [2.45, 2.75) is 33.6 Å². The molecule has 106 valence electrons. The Morgan fingerprint density at radius 1 is 1.47 bits per heavy atom. The van der Waals surface area contributed by atoms with Crippen LogP contribution in [0.3, 0.4) is 0 Å². The van der Waals surface area contributed by atoms with Crippen molar-refractivity contribution >= 4 is 11.7 Å². The van der Waals surface area contributed by atoms with E-state index in [9.17, 15) is 4.79 Å². The summed E-state index contributed by atoms with van der Waals surface area (Å²) in [6, 6.07) is 1.53. The minimum absolute atomic E-state index is 0.299. The Hall–Kier alpha value is -1.78. The number of nitrogens with two attached hydrogens (primary N) is 1. The highest BCUT2D eigenvalue weighted by atomic mass is 16.5. The lowest BCUT2D eigenvalue weighted by molar-refractivity contribution is 0.0527. The predicted molar refractivity (Wildman–Crippen MR) is 74.2 cm³/mol. The molecule has 0 aliphatic carbocycles. The third-order valence-electron chi connectivity index (χ3n) is 2.58. The van der Waals surface area contributed by atoms with Gasteiger partial charge in [0.2, 0.25) is 5.88 Å². The summed E-state index contributed by atoms with van der Waals surface area (Å²) in [5.41, 5.74) is 6.30. The first-order valence-electron chi connectivity index (χ1n) is 6.60. The molecule has 0 bridgehead atoms. The van der Waals surface area contributed by atoms with Crippen LogP contribution < -0.4 is 10.5 Å². The fourth-order valence-corrected chi connectivity index (χ4v) is 1.58. The molecule has 0 saturated carbocycles. The van der Waals surface area contributed by atoms with Gasteiger partial charge in [0.1, 0.15) is 0 Å². The first-order chi connectivity index (χ1) is 9.04. The molecule has 0 fully saturated rings. The SMILES string of the molecule is CCOC(=O)c1cc(OCCCC(C)C)ncc1N. The van der Waals surface area contributed by atoms with Crippen LogP contribution in [0.5, 0.6) is 5.88 Å². The number of esters is 1. The molecule has 1 aromatic heterocycles. The molecule has 0 atom stereocenters. The summed E-state index contributed by atoms with van der Waals surface area (Å²) < 4.78 is 10.4. The van der Waals surface area contributed by atoms with Gasteiger partial charge in [0.15, 0.2) is 0 Å². The van der Waals surface area contributed by atoms with E-state index in [1.54, 1.807) is 6.92 Å². The van der Waals surface area contributed by atoms with E-state index in [0.717, 1.165) is 12.8 Å². The second-order valence-electron chi connectivity index (χ2n) is 4.71. The van der Waals surface area contributed by atoms with Gasteiger partial charge in [0.05, 0.1) is 30.7 Å². The number of pyridine rings is 1. The van der Waals surface area contributed by atoms with Gasteiger partial charge in [-0.05, 0) is 25.7 Å². The van der Waals surface area contributed by atoms with E-state index >= 15 is 0 Å². The van der Waals surface area contributed by atoms with Crippen LogP contribution in [0.4, 0.5) is 5.69 Å². The maximum atomic E-state index is 11.7. The molecule has 5 nitrogen and oxygen atoms in total. The van der Waals surface area contributed by atoms with E-state index in [1.165, 1.54) is 12.3 Å². The van der Waals surface area contributed by atoms with Crippen LogP contribution in [0, 0.1) is 5.92 Å². The number of nitrogen functional groups attached to an aromatic ring is 1. The Bertz CT molecular complexity index is 419. The first kappa shape index (κ1) is 15.3. The molecule has 0 radical (unpaired) electrons. The molecule has 0 spiro atoms. The Morgan fingerprint density at radius 2 is 2.21 bits per heavy atom. The van der Waals surface area contributed by atoms with Gasteiger partial charge in [0, 0.05) is 6.07 Å². The van der Waals surface area contributed by atoms with Crippen molar-refractivity contribution in [2.75, 3.05) is 18.9 Å². The molecule has 1 aromatic rings. The highest BCUT2D eigenvalue weighted by Gasteiger charge is 2.13. The zero-order valence-electron chi connectivity index (χ0n) is 11.8. The lowest BCUT2D eigenvalue weighted by Gasteiger charge is -2.09. The second kappa shape index (κ2) is 7.61. The van der Waals surface area contributed by atoms with Crippen LogP contribution in [-0.2, 0) is 4.74 Å². The van der Waals surface area contributed by atoms with Crippen molar-refractivity contribution in [3.05, 3.63) is 17.8 Å². The Balaban J connectivity index is 2.60. The van der Waals surface area contributed by atoms with Crippen molar-refractivity contribution in [3.8, 4) is 5.88 Å². The van der Waals surface area contributed by atoms with Gasteiger partial charge in [-0.2, -0.15) is 0 Å². The van der Waals surface area contributed by atoms with Crippen LogP contribution in [0.15, 0.2) is 12.3 Å². The van der Waals surface area contributed by atoms with Crippen LogP contribution in [-0.4, -0.2) is 24.2 Å². The molecule has 2 N–H and O–H groups in total. The lowest BCUT2D eigenvalue weighted by atomic mass is 10.1. The van der Waals surface area contributed by atoms with Gasteiger partial charge in [0.25, 0.3) is 0 Å². The number of hydrogen-bond donors (Lipinski definition) is 1. The molecule has 0 aliphatic rings. The number of hydrogen-bond acceptors (Lipinski definition) is 5. The summed E-state index contributed by atoms with van der Waals surface area (Å²) >= 11 is 0. The minimum Gasteiger partial charge on any atom is -0.478 e. The monoisotopic (exact) mass is 266 g/mol. The summed E-state index contributed by atoms with van der Waals surface area (Å²) in [5.74, 6) is 0.605. The fraction of sp³-hybridized carbons (Fsp3) is 0.571. The van der Waals surface area contributed by atoms with Crippen LogP contribution in [0.25, 0.3) is 0 Å². The molecule has 0 aliphatic heterocycles. The first-order valence-corrected chi connectivity index (χ1v) is 6.60. The number of carbonyl (C=O) groups is 1. The normalized spacial score (nSPS) is 10.5. The quantitative estimate of drug-likeness (QED) is 0.606. The molecule has 1 rings (SSSR count). The largest absolute Gasteiger partial charge is 0.478 e. The number of rotatable bonds is 7. The molecule has 19 heavy (non-hydrogen) atoms. The van der Waals surface area contributed by atoms with Crippen LogP contribution >= 0.6 is 0 Å². The van der Waals surface area contributed by atoms with E-state index < -0.39 is 5.97 Å². The number of nitrogens with zero attached hydrogens (tertiary/aromatic N) is 1. The van der Waals surface area contributed by atoms with Gasteiger partial charge in [-0.25, -0.2) is 9.78 Å². The zero-order chi connectivity index (χ0) is 14.3. The van der Waals surface area contributed by atoms with E-state index in [1.807, 2.05) is 0 Å². The van der Waals surface area contributed by atoms with Crippen molar-refractivity contribution in [1.29, 1.82) is 0 Å². The maximum absolute atomic E-state index is 11.7. The van der Waals surface area contributed by atoms with Gasteiger partial charge in [-0.15, -0.1) is 0 Å². The van der Waals surface area contributed by atoms with Crippen LogP contribution in [0.2, 0.25) is 0 Å². The van der Waals surface area contributed by atoms with E-state index in [-0.39, 0.29) is 0 Å². The highest BCUT2D eigenvalue weighted by Crippen LogP contribution is 2.18. The third-order valence-corrected chi connectivity index (χ3v) is 2.58. The number of anilines is 1. The third kappa shape index (κ3) is 5.16. The second-order valence-corrected chi connectivity index (χ2v) is 4.71. The number of carbonyl (C=O) groups excluding carboxylic acids is 1.